The van der Waals surface area contributed by atoms with Gasteiger partial charge >= 0.3 is 0 Å². The predicted octanol–water partition coefficient (Wildman–Crippen LogP) is 3.77. The number of nitrogens with zero attached hydrogens (tertiary/aromatic N) is 1. The third kappa shape index (κ3) is 1.71. The third-order valence-corrected chi connectivity index (χ3v) is 4.74. The van der Waals surface area contributed by atoms with Crippen molar-refractivity contribution >= 4 is 16.7 Å². The van der Waals surface area contributed by atoms with Gasteiger partial charge < -0.3 is 9.64 Å². The lowest BCUT2D eigenvalue weighted by atomic mass is 9.83. The van der Waals surface area contributed by atoms with Crippen LogP contribution in [0, 0.1) is 0 Å². The first-order chi connectivity index (χ1) is 11.2. The number of carbonyl (C=O) groups excluding carboxylic acids is 1. The summed E-state index contributed by atoms with van der Waals surface area (Å²) < 4.78 is 6.00. The van der Waals surface area contributed by atoms with Gasteiger partial charge in [0.25, 0.3) is 5.91 Å². The van der Waals surface area contributed by atoms with Gasteiger partial charge in [0.1, 0.15) is 0 Å². The molecule has 0 bridgehead atoms. The highest BCUT2D eigenvalue weighted by molar-refractivity contribution is 6.11. The van der Waals surface area contributed by atoms with E-state index in [2.05, 4.69) is 0 Å². The first-order valence-corrected chi connectivity index (χ1v) is 7.61. The van der Waals surface area contributed by atoms with Gasteiger partial charge in [0, 0.05) is 36.2 Å². The quantitative estimate of drug-likeness (QED) is 0.721. The van der Waals surface area contributed by atoms with E-state index in [0.717, 1.165) is 27.5 Å². The van der Waals surface area contributed by atoms with E-state index in [1.54, 1.807) is 19.1 Å². The monoisotopic (exact) mass is 303 g/mol. The Hall–Kier alpha value is -2.65. The molecule has 1 amide bonds. The van der Waals surface area contributed by atoms with Gasteiger partial charge in [0.15, 0.2) is 5.72 Å². The number of benzene rings is 3. The molecule has 3 nitrogen and oxygen atoms in total. The second-order valence-electron chi connectivity index (χ2n) is 5.79. The Bertz CT molecular complexity index is 899. The van der Waals surface area contributed by atoms with Gasteiger partial charge in [-0.15, -0.1) is 0 Å². The van der Waals surface area contributed by atoms with Crippen LogP contribution in [0.25, 0.3) is 10.8 Å². The topological polar surface area (TPSA) is 29.5 Å². The molecule has 3 aromatic rings. The summed E-state index contributed by atoms with van der Waals surface area (Å²) in [7, 11) is 3.46. The van der Waals surface area contributed by atoms with Crippen molar-refractivity contribution in [2.75, 3.05) is 14.2 Å². The Labute approximate surface area is 135 Å². The Morgan fingerprint density at radius 3 is 2.30 bits per heavy atom. The molecule has 114 valence electrons. The minimum Gasteiger partial charge on any atom is -0.350 e. The lowest BCUT2D eigenvalue weighted by molar-refractivity contribution is -0.0818. The number of carbonyl (C=O) groups is 1. The summed E-state index contributed by atoms with van der Waals surface area (Å²) in [6.45, 7) is 0. The van der Waals surface area contributed by atoms with Crippen molar-refractivity contribution in [1.29, 1.82) is 0 Å². The minimum absolute atomic E-state index is 0.0278. The van der Waals surface area contributed by atoms with Gasteiger partial charge in [-0.3, -0.25) is 4.79 Å². The second kappa shape index (κ2) is 4.93. The molecule has 1 heterocycles. The highest BCUT2D eigenvalue weighted by Gasteiger charge is 2.46. The van der Waals surface area contributed by atoms with Crippen molar-refractivity contribution in [1.82, 2.24) is 4.90 Å². The smallest absolute Gasteiger partial charge is 0.257 e. The molecule has 1 unspecified atom stereocenters. The highest BCUT2D eigenvalue weighted by Crippen LogP contribution is 2.44. The van der Waals surface area contributed by atoms with Crippen LogP contribution in [0.3, 0.4) is 0 Å². The number of ether oxygens (including phenoxy) is 1. The van der Waals surface area contributed by atoms with Crippen LogP contribution in [-0.4, -0.2) is 25.0 Å². The van der Waals surface area contributed by atoms with Gasteiger partial charge in [-0.2, -0.15) is 0 Å². The summed E-state index contributed by atoms with van der Waals surface area (Å²) in [5.74, 6) is -0.0278. The lowest BCUT2D eigenvalue weighted by Crippen LogP contribution is -2.52. The molecule has 0 fully saturated rings. The highest BCUT2D eigenvalue weighted by atomic mass is 16.5. The van der Waals surface area contributed by atoms with Crippen LogP contribution >= 0.6 is 0 Å². The Morgan fingerprint density at radius 2 is 1.61 bits per heavy atom. The largest absolute Gasteiger partial charge is 0.350 e. The van der Waals surface area contributed by atoms with Crippen molar-refractivity contribution in [3.8, 4) is 0 Å². The molecule has 1 atom stereocenters. The van der Waals surface area contributed by atoms with Gasteiger partial charge in [-0.05, 0) is 11.5 Å². The SMILES string of the molecule is COC1(c2ccccc2)c2cccc3cccc(c23)C(=O)N1C. The molecule has 1 aliphatic rings. The van der Waals surface area contributed by atoms with Gasteiger partial charge in [0.05, 0.1) is 0 Å². The van der Waals surface area contributed by atoms with Gasteiger partial charge in [-0.25, -0.2) is 0 Å². The maximum atomic E-state index is 13.0. The molecule has 0 saturated carbocycles. The van der Waals surface area contributed by atoms with Gasteiger partial charge in [0.2, 0.25) is 0 Å². The van der Waals surface area contributed by atoms with Gasteiger partial charge in [-0.1, -0.05) is 60.7 Å². The van der Waals surface area contributed by atoms with E-state index in [9.17, 15) is 4.79 Å². The van der Waals surface area contributed by atoms with E-state index >= 15 is 0 Å². The van der Waals surface area contributed by atoms with Crippen LogP contribution in [0.2, 0.25) is 0 Å². The molecule has 3 heteroatoms. The van der Waals surface area contributed by atoms with Crippen LogP contribution in [0.1, 0.15) is 21.5 Å². The first-order valence-electron chi connectivity index (χ1n) is 7.61. The first kappa shape index (κ1) is 14.0. The molecule has 0 aromatic heterocycles. The average molecular weight is 303 g/mol. The van der Waals surface area contributed by atoms with Crippen molar-refractivity contribution in [3.63, 3.8) is 0 Å². The molecule has 1 aliphatic heterocycles. The van der Waals surface area contributed by atoms with Crippen molar-refractivity contribution in [3.05, 3.63) is 83.4 Å². The standard InChI is InChI=1S/C20H17NO2/c1-21-19(22)16-12-6-8-14-9-7-13-17(18(14)16)20(21,23-2)15-10-4-3-5-11-15/h3-13H,1-2H3. The molecular weight excluding hydrogens is 286 g/mol. The molecule has 23 heavy (non-hydrogen) atoms. The van der Waals surface area contributed by atoms with E-state index in [1.807, 2.05) is 66.7 Å². The Morgan fingerprint density at radius 1 is 0.913 bits per heavy atom. The molecule has 0 aliphatic carbocycles. The fourth-order valence-electron chi connectivity index (χ4n) is 3.68. The summed E-state index contributed by atoms with van der Waals surface area (Å²) in [6.07, 6.45) is 0. The van der Waals surface area contributed by atoms with Crippen molar-refractivity contribution in [2.45, 2.75) is 5.72 Å². The zero-order valence-corrected chi connectivity index (χ0v) is 13.1. The maximum absolute atomic E-state index is 13.0. The Balaban J connectivity index is 2.16. The summed E-state index contributed by atoms with van der Waals surface area (Å²) in [5.41, 5.74) is 1.76. The molecule has 0 N–H and O–H groups in total. The summed E-state index contributed by atoms with van der Waals surface area (Å²) in [4.78, 5) is 14.7. The average Bonchev–Trinajstić information content (AvgIpc) is 2.61. The molecule has 0 saturated heterocycles. The maximum Gasteiger partial charge on any atom is 0.257 e. The summed E-state index contributed by atoms with van der Waals surface area (Å²) >= 11 is 0. The van der Waals surface area contributed by atoms with E-state index in [0.29, 0.717) is 0 Å². The van der Waals surface area contributed by atoms with Crippen LogP contribution < -0.4 is 0 Å². The van der Waals surface area contributed by atoms with Crippen molar-refractivity contribution < 1.29 is 9.53 Å². The van der Waals surface area contributed by atoms with E-state index in [-0.39, 0.29) is 5.91 Å². The Kier molecular flexibility index (Phi) is 3.00. The van der Waals surface area contributed by atoms with Crippen LogP contribution in [-0.2, 0) is 10.5 Å². The third-order valence-electron chi connectivity index (χ3n) is 4.74. The predicted molar refractivity (Wildman–Crippen MR) is 90.3 cm³/mol. The fourth-order valence-corrected chi connectivity index (χ4v) is 3.68. The van der Waals surface area contributed by atoms with E-state index < -0.39 is 5.72 Å². The fraction of sp³-hybridized carbons (Fsp3) is 0.150. The minimum atomic E-state index is -0.911. The second-order valence-corrected chi connectivity index (χ2v) is 5.79. The van der Waals surface area contributed by atoms with E-state index in [4.69, 9.17) is 4.74 Å². The van der Waals surface area contributed by atoms with Crippen LogP contribution in [0.15, 0.2) is 66.7 Å². The normalized spacial score (nSPS) is 20.1. The number of hydrogen-bond acceptors (Lipinski definition) is 2. The molecule has 0 radical (unpaired) electrons. The number of amides is 1. The number of rotatable bonds is 2. The van der Waals surface area contributed by atoms with Crippen LogP contribution in [0.5, 0.6) is 0 Å². The molecular formula is C20H17NO2. The lowest BCUT2D eigenvalue weighted by Gasteiger charge is -2.45. The van der Waals surface area contributed by atoms with Crippen molar-refractivity contribution in [2.24, 2.45) is 0 Å². The molecule has 4 rings (SSSR count). The number of hydrogen-bond donors (Lipinski definition) is 0. The number of methoxy groups -OCH3 is 1. The molecule has 0 spiro atoms. The molecule has 3 aromatic carbocycles. The summed E-state index contributed by atoms with van der Waals surface area (Å²) in [6, 6.07) is 21.8. The zero-order chi connectivity index (χ0) is 16.0. The zero-order valence-electron chi connectivity index (χ0n) is 13.1. The van der Waals surface area contributed by atoms with Crippen LogP contribution in [0.4, 0.5) is 0 Å². The summed E-state index contributed by atoms with van der Waals surface area (Å²) in [5, 5.41) is 2.03. The van der Waals surface area contributed by atoms with E-state index in [1.165, 1.54) is 0 Å².